The van der Waals surface area contributed by atoms with E-state index in [2.05, 4.69) is 31.0 Å². The fourth-order valence-electron chi connectivity index (χ4n) is 2.58. The Bertz CT molecular complexity index is 452. The third-order valence-corrected chi connectivity index (χ3v) is 4.58. The highest BCUT2D eigenvalue weighted by Crippen LogP contribution is 2.27. The van der Waals surface area contributed by atoms with Crippen molar-refractivity contribution in [2.45, 2.75) is 45.3 Å². The number of piperazine rings is 1. The van der Waals surface area contributed by atoms with Gasteiger partial charge in [-0.25, -0.2) is 4.39 Å². The zero-order valence-corrected chi connectivity index (χ0v) is 12.6. The molecule has 2 rings (SSSR count). The number of benzene rings is 1. The van der Waals surface area contributed by atoms with Crippen molar-refractivity contribution in [2.24, 2.45) is 0 Å². The summed E-state index contributed by atoms with van der Waals surface area (Å²) >= 11 is 6.14. The minimum Gasteiger partial charge on any atom is -0.311 e. The molecule has 0 aliphatic carbocycles. The first-order valence-electron chi connectivity index (χ1n) is 6.87. The van der Waals surface area contributed by atoms with Gasteiger partial charge in [0.05, 0.1) is 0 Å². The summed E-state index contributed by atoms with van der Waals surface area (Å²) in [5.41, 5.74) is 1.13. The van der Waals surface area contributed by atoms with E-state index in [1.165, 1.54) is 12.1 Å². The molecule has 0 radical (unpaired) electrons. The Balaban J connectivity index is 2.19. The average molecular weight is 285 g/mol. The molecule has 1 aromatic rings. The standard InChI is InChI=1S/C15H22ClFN2/c1-4-15(3)10-18-11(2)8-19(15)9-12-5-6-13(17)7-14(12)16/h5-7,11,18H,4,8-10H2,1-3H3. The molecule has 2 nitrogen and oxygen atoms in total. The van der Waals surface area contributed by atoms with E-state index in [0.717, 1.165) is 31.6 Å². The summed E-state index contributed by atoms with van der Waals surface area (Å²) in [7, 11) is 0. The number of rotatable bonds is 3. The van der Waals surface area contributed by atoms with Crippen LogP contribution in [0.1, 0.15) is 32.8 Å². The highest BCUT2D eigenvalue weighted by molar-refractivity contribution is 6.31. The van der Waals surface area contributed by atoms with Crippen LogP contribution in [-0.4, -0.2) is 29.6 Å². The molecule has 1 fully saturated rings. The molecule has 1 saturated heterocycles. The smallest absolute Gasteiger partial charge is 0.124 e. The van der Waals surface area contributed by atoms with Crippen LogP contribution in [0.5, 0.6) is 0 Å². The molecule has 19 heavy (non-hydrogen) atoms. The highest BCUT2D eigenvalue weighted by atomic mass is 35.5. The second-order valence-electron chi connectivity index (χ2n) is 5.75. The average Bonchev–Trinajstić information content (AvgIpc) is 2.37. The van der Waals surface area contributed by atoms with Gasteiger partial charge in [-0.3, -0.25) is 4.90 Å². The van der Waals surface area contributed by atoms with E-state index < -0.39 is 0 Å². The van der Waals surface area contributed by atoms with Crippen molar-refractivity contribution in [3.8, 4) is 0 Å². The molecule has 0 bridgehead atoms. The van der Waals surface area contributed by atoms with Gasteiger partial charge < -0.3 is 5.32 Å². The summed E-state index contributed by atoms with van der Waals surface area (Å²) in [5, 5.41) is 4.05. The van der Waals surface area contributed by atoms with E-state index in [9.17, 15) is 4.39 Å². The number of nitrogens with one attached hydrogen (secondary N) is 1. The summed E-state index contributed by atoms with van der Waals surface area (Å²) in [6.07, 6.45) is 1.07. The first-order valence-corrected chi connectivity index (χ1v) is 7.25. The molecule has 1 aliphatic rings. The summed E-state index contributed by atoms with van der Waals surface area (Å²) in [4.78, 5) is 2.45. The largest absolute Gasteiger partial charge is 0.311 e. The second-order valence-corrected chi connectivity index (χ2v) is 6.16. The molecular formula is C15H22ClFN2. The van der Waals surface area contributed by atoms with Gasteiger partial charge in [0.15, 0.2) is 0 Å². The third kappa shape index (κ3) is 3.28. The fraction of sp³-hybridized carbons (Fsp3) is 0.600. The van der Waals surface area contributed by atoms with Crippen molar-refractivity contribution in [1.82, 2.24) is 10.2 Å². The number of hydrogen-bond acceptors (Lipinski definition) is 2. The van der Waals surface area contributed by atoms with E-state index in [4.69, 9.17) is 11.6 Å². The maximum absolute atomic E-state index is 13.1. The van der Waals surface area contributed by atoms with Gasteiger partial charge in [0.1, 0.15) is 5.82 Å². The van der Waals surface area contributed by atoms with Crippen LogP contribution in [0, 0.1) is 5.82 Å². The zero-order valence-electron chi connectivity index (χ0n) is 11.8. The Hall–Kier alpha value is -0.640. The first kappa shape index (κ1) is 14.8. The molecule has 1 N–H and O–H groups in total. The quantitative estimate of drug-likeness (QED) is 0.915. The van der Waals surface area contributed by atoms with Gasteiger partial charge in [-0.05, 0) is 38.0 Å². The molecule has 106 valence electrons. The molecular weight excluding hydrogens is 263 g/mol. The van der Waals surface area contributed by atoms with Crippen LogP contribution in [0.25, 0.3) is 0 Å². The third-order valence-electron chi connectivity index (χ3n) is 4.23. The lowest BCUT2D eigenvalue weighted by atomic mass is 9.91. The lowest BCUT2D eigenvalue weighted by molar-refractivity contribution is 0.0453. The predicted octanol–water partition coefficient (Wildman–Crippen LogP) is 3.44. The van der Waals surface area contributed by atoms with Gasteiger partial charge in [-0.2, -0.15) is 0 Å². The monoisotopic (exact) mass is 284 g/mol. The van der Waals surface area contributed by atoms with E-state index >= 15 is 0 Å². The maximum Gasteiger partial charge on any atom is 0.124 e. The SMILES string of the molecule is CCC1(C)CNC(C)CN1Cc1ccc(F)cc1Cl. The molecule has 1 aliphatic heterocycles. The van der Waals surface area contributed by atoms with Crippen molar-refractivity contribution in [1.29, 1.82) is 0 Å². The lowest BCUT2D eigenvalue weighted by Gasteiger charge is -2.47. The Kier molecular flexibility index (Phi) is 4.49. The Labute approximate surface area is 119 Å². The summed E-state index contributed by atoms with van der Waals surface area (Å²) < 4.78 is 13.1. The van der Waals surface area contributed by atoms with E-state index in [1.54, 1.807) is 6.07 Å². The zero-order chi connectivity index (χ0) is 14.0. The summed E-state index contributed by atoms with van der Waals surface area (Å²) in [6.45, 7) is 9.39. The van der Waals surface area contributed by atoms with Crippen LogP contribution in [-0.2, 0) is 6.54 Å². The van der Waals surface area contributed by atoms with E-state index in [-0.39, 0.29) is 11.4 Å². The minimum absolute atomic E-state index is 0.129. The van der Waals surface area contributed by atoms with Crippen LogP contribution >= 0.6 is 11.6 Å². The molecule has 1 aromatic carbocycles. The Morgan fingerprint density at radius 2 is 2.26 bits per heavy atom. The molecule has 0 spiro atoms. The van der Waals surface area contributed by atoms with Crippen molar-refractivity contribution in [3.05, 3.63) is 34.6 Å². The van der Waals surface area contributed by atoms with Crippen molar-refractivity contribution < 1.29 is 4.39 Å². The fourth-order valence-corrected chi connectivity index (χ4v) is 2.81. The van der Waals surface area contributed by atoms with Gasteiger partial charge in [-0.15, -0.1) is 0 Å². The molecule has 0 saturated carbocycles. The number of hydrogen-bond donors (Lipinski definition) is 1. The topological polar surface area (TPSA) is 15.3 Å². The van der Waals surface area contributed by atoms with Crippen molar-refractivity contribution >= 4 is 11.6 Å². The van der Waals surface area contributed by atoms with Crippen LogP contribution in [0.15, 0.2) is 18.2 Å². The minimum atomic E-state index is -0.277. The van der Waals surface area contributed by atoms with Crippen LogP contribution in [0.4, 0.5) is 4.39 Å². The Morgan fingerprint density at radius 3 is 2.89 bits per heavy atom. The van der Waals surface area contributed by atoms with Crippen molar-refractivity contribution in [3.63, 3.8) is 0 Å². The number of halogens is 2. The molecule has 1 heterocycles. The van der Waals surface area contributed by atoms with Crippen LogP contribution in [0.3, 0.4) is 0 Å². The van der Waals surface area contributed by atoms with Crippen LogP contribution < -0.4 is 5.32 Å². The first-order chi connectivity index (χ1) is 8.94. The predicted molar refractivity (Wildman–Crippen MR) is 78.0 cm³/mol. The van der Waals surface area contributed by atoms with Gasteiger partial charge in [0, 0.05) is 36.2 Å². The van der Waals surface area contributed by atoms with Crippen LogP contribution in [0.2, 0.25) is 5.02 Å². The second kappa shape index (κ2) is 5.78. The van der Waals surface area contributed by atoms with Gasteiger partial charge in [0.25, 0.3) is 0 Å². The Morgan fingerprint density at radius 1 is 1.53 bits per heavy atom. The molecule has 4 heteroatoms. The van der Waals surface area contributed by atoms with Gasteiger partial charge in [0.2, 0.25) is 0 Å². The highest BCUT2D eigenvalue weighted by Gasteiger charge is 2.35. The van der Waals surface area contributed by atoms with Crippen molar-refractivity contribution in [2.75, 3.05) is 13.1 Å². The number of nitrogens with zero attached hydrogens (tertiary/aromatic N) is 1. The lowest BCUT2D eigenvalue weighted by Crippen LogP contribution is -2.61. The van der Waals surface area contributed by atoms with E-state index in [1.807, 2.05) is 0 Å². The molecule has 0 aromatic heterocycles. The maximum atomic E-state index is 13.1. The van der Waals surface area contributed by atoms with E-state index in [0.29, 0.717) is 11.1 Å². The molecule has 2 atom stereocenters. The van der Waals surface area contributed by atoms with Gasteiger partial charge in [-0.1, -0.05) is 24.6 Å². The summed E-state index contributed by atoms with van der Waals surface area (Å²) in [6, 6.07) is 5.14. The van der Waals surface area contributed by atoms with Gasteiger partial charge >= 0.3 is 0 Å². The normalized spacial score (nSPS) is 28.6. The molecule has 0 amide bonds. The molecule has 2 unspecified atom stereocenters. The summed E-state index contributed by atoms with van der Waals surface area (Å²) in [5.74, 6) is -0.277.